The van der Waals surface area contributed by atoms with Crippen LogP contribution in [0.1, 0.15) is 12.0 Å². The van der Waals surface area contributed by atoms with Crippen LogP contribution in [0.25, 0.3) is 0 Å². The first-order chi connectivity index (χ1) is 13.5. The maximum Gasteiger partial charge on any atom is 0.530 e. The molecule has 2 fully saturated rings. The third kappa shape index (κ3) is 4.42. The predicted molar refractivity (Wildman–Crippen MR) is 102 cm³/mol. The van der Waals surface area contributed by atoms with Crippen LogP contribution in [-0.2, 0) is 20.2 Å². The molecule has 0 amide bonds. The van der Waals surface area contributed by atoms with Gasteiger partial charge in [0, 0.05) is 37.7 Å². The Morgan fingerprint density at radius 1 is 1.18 bits per heavy atom. The minimum Gasteiger partial charge on any atom is -0.404 e. The second-order valence-electron chi connectivity index (χ2n) is 7.00. The third-order valence-corrected chi connectivity index (χ3v) is 6.40. The number of phosphoric ester groups is 1. The number of nitro groups is 1. The van der Waals surface area contributed by atoms with Crippen molar-refractivity contribution in [2.75, 3.05) is 19.7 Å². The van der Waals surface area contributed by atoms with Crippen LogP contribution in [0.3, 0.4) is 0 Å². The first kappa shape index (κ1) is 19.1. The summed E-state index contributed by atoms with van der Waals surface area (Å²) >= 11 is 0. The van der Waals surface area contributed by atoms with E-state index in [2.05, 4.69) is 17.0 Å². The summed E-state index contributed by atoms with van der Waals surface area (Å²) in [6.45, 7) is 2.80. The van der Waals surface area contributed by atoms with Crippen LogP contribution in [-0.4, -0.2) is 35.6 Å². The van der Waals surface area contributed by atoms with Crippen LogP contribution in [0.15, 0.2) is 54.6 Å². The van der Waals surface area contributed by atoms with E-state index in [1.807, 2.05) is 18.2 Å². The Morgan fingerprint density at radius 3 is 2.64 bits per heavy atom. The molecule has 8 nitrogen and oxygen atoms in total. The summed E-state index contributed by atoms with van der Waals surface area (Å²) in [7, 11) is -3.74. The Hall–Kier alpha value is -2.25. The van der Waals surface area contributed by atoms with E-state index in [1.54, 1.807) is 0 Å². The average Bonchev–Trinajstić information content (AvgIpc) is 2.69. The van der Waals surface area contributed by atoms with Gasteiger partial charge < -0.3 is 4.52 Å². The highest BCUT2D eigenvalue weighted by molar-refractivity contribution is 7.49. The molecule has 9 heteroatoms. The number of likely N-dealkylation sites (tertiary alicyclic amines) is 1. The highest BCUT2D eigenvalue weighted by Gasteiger charge is 2.44. The van der Waals surface area contributed by atoms with Crippen molar-refractivity contribution < 1.29 is 23.1 Å². The maximum absolute atomic E-state index is 12.8. The van der Waals surface area contributed by atoms with Crippen LogP contribution in [0.5, 0.6) is 5.75 Å². The number of fused-ring (bicyclic) bond motifs is 1. The number of rotatable bonds is 5. The fourth-order valence-electron chi connectivity index (χ4n) is 3.56. The van der Waals surface area contributed by atoms with E-state index in [1.165, 1.54) is 29.8 Å². The average molecular weight is 404 g/mol. The number of hydrogen-bond donors (Lipinski definition) is 0. The van der Waals surface area contributed by atoms with Crippen molar-refractivity contribution in [2.24, 2.45) is 5.92 Å². The van der Waals surface area contributed by atoms with Crippen molar-refractivity contribution in [1.82, 2.24) is 4.90 Å². The normalized spacial score (nSPS) is 27.7. The van der Waals surface area contributed by atoms with Crippen LogP contribution < -0.4 is 4.52 Å². The van der Waals surface area contributed by atoms with Crippen molar-refractivity contribution >= 4 is 13.5 Å². The molecule has 1 unspecified atom stereocenters. The van der Waals surface area contributed by atoms with Gasteiger partial charge in [-0.2, -0.15) is 0 Å². The van der Waals surface area contributed by atoms with Gasteiger partial charge in [-0.25, -0.2) is 4.57 Å². The summed E-state index contributed by atoms with van der Waals surface area (Å²) in [6, 6.07) is 15.6. The monoisotopic (exact) mass is 404 g/mol. The molecule has 0 saturated carbocycles. The first-order valence-corrected chi connectivity index (χ1v) is 10.6. The second-order valence-corrected chi connectivity index (χ2v) is 8.54. The molecule has 0 N–H and O–H groups in total. The van der Waals surface area contributed by atoms with Gasteiger partial charge in [0.15, 0.2) is 0 Å². The van der Waals surface area contributed by atoms with Crippen LogP contribution in [0.4, 0.5) is 5.69 Å². The van der Waals surface area contributed by atoms with Crippen LogP contribution >= 0.6 is 7.82 Å². The fraction of sp³-hybridized carbons (Fsp3) is 0.368. The molecular weight excluding hydrogens is 383 g/mol. The molecule has 2 aliphatic rings. The first-order valence-electron chi connectivity index (χ1n) is 9.14. The van der Waals surface area contributed by atoms with Gasteiger partial charge in [0.2, 0.25) is 0 Å². The molecular formula is C19H21N2O6P. The number of piperidine rings is 1. The largest absolute Gasteiger partial charge is 0.530 e. The molecule has 2 aromatic rings. The van der Waals surface area contributed by atoms with Crippen molar-refractivity contribution in [3.63, 3.8) is 0 Å². The Bertz CT molecular complexity index is 876. The number of nitrogens with zero attached hydrogens (tertiary/aromatic N) is 2. The highest BCUT2D eigenvalue weighted by Crippen LogP contribution is 2.55. The van der Waals surface area contributed by atoms with Gasteiger partial charge in [0.25, 0.3) is 5.69 Å². The van der Waals surface area contributed by atoms with Crippen LogP contribution in [0.2, 0.25) is 0 Å². The van der Waals surface area contributed by atoms with Crippen molar-refractivity contribution in [3.8, 4) is 5.75 Å². The van der Waals surface area contributed by atoms with E-state index in [9.17, 15) is 14.7 Å². The van der Waals surface area contributed by atoms with Gasteiger partial charge in [-0.1, -0.05) is 30.3 Å². The lowest BCUT2D eigenvalue weighted by Gasteiger charge is -2.42. The van der Waals surface area contributed by atoms with E-state index in [-0.39, 0.29) is 23.5 Å². The van der Waals surface area contributed by atoms with Gasteiger partial charge in [-0.3, -0.25) is 24.1 Å². The Balaban J connectivity index is 1.35. The lowest BCUT2D eigenvalue weighted by Crippen LogP contribution is -2.47. The zero-order chi connectivity index (χ0) is 19.6. The summed E-state index contributed by atoms with van der Waals surface area (Å²) in [6.07, 6.45) is 0.554. The molecule has 0 radical (unpaired) electrons. The number of phosphoric acid groups is 1. The lowest BCUT2D eigenvalue weighted by atomic mass is 9.95. The molecule has 0 aromatic heterocycles. The summed E-state index contributed by atoms with van der Waals surface area (Å²) in [5.41, 5.74) is 1.19. The van der Waals surface area contributed by atoms with Gasteiger partial charge in [0.05, 0.1) is 17.6 Å². The molecule has 4 rings (SSSR count). The molecule has 3 atom stereocenters. The number of benzene rings is 2. The number of non-ortho nitro benzene ring substituents is 1. The standard InChI is InChI=1S/C19H21N2O6P/c22-21(23)17-6-8-18(9-7-17)26-28(24)25-14-16-13-20(11-10-19(16)27-28)12-15-4-2-1-3-5-15/h1-9,16,19H,10-14H2/t16-,19+,28?/m1/s1. The Labute approximate surface area is 162 Å². The molecule has 2 heterocycles. The maximum atomic E-state index is 12.8. The lowest BCUT2D eigenvalue weighted by molar-refractivity contribution is -0.384. The molecule has 2 aromatic carbocycles. The van der Waals surface area contributed by atoms with Gasteiger partial charge >= 0.3 is 7.82 Å². The summed E-state index contributed by atoms with van der Waals surface area (Å²) in [5.74, 6) is 0.342. The fourth-order valence-corrected chi connectivity index (χ4v) is 5.08. The van der Waals surface area contributed by atoms with E-state index in [0.29, 0.717) is 6.61 Å². The molecule has 0 aliphatic carbocycles. The van der Waals surface area contributed by atoms with Gasteiger partial charge in [-0.15, -0.1) is 0 Å². The third-order valence-electron chi connectivity index (χ3n) is 4.97. The van der Waals surface area contributed by atoms with Gasteiger partial charge in [0.1, 0.15) is 5.75 Å². The highest BCUT2D eigenvalue weighted by atomic mass is 31.2. The molecule has 148 valence electrons. The topological polar surface area (TPSA) is 91.1 Å². The predicted octanol–water partition coefficient (Wildman–Crippen LogP) is 4.02. The number of nitro benzene ring substituents is 1. The zero-order valence-corrected chi connectivity index (χ0v) is 16.1. The second kappa shape index (κ2) is 8.01. The van der Waals surface area contributed by atoms with E-state index < -0.39 is 12.7 Å². The molecule has 0 bridgehead atoms. The van der Waals surface area contributed by atoms with E-state index in [4.69, 9.17) is 13.6 Å². The minimum absolute atomic E-state index is 0.0676. The number of hydrogen-bond acceptors (Lipinski definition) is 7. The smallest absolute Gasteiger partial charge is 0.404 e. The summed E-state index contributed by atoms with van der Waals surface area (Å²) in [4.78, 5) is 12.6. The van der Waals surface area contributed by atoms with Crippen molar-refractivity contribution in [1.29, 1.82) is 0 Å². The van der Waals surface area contributed by atoms with E-state index in [0.717, 1.165) is 26.1 Å². The van der Waals surface area contributed by atoms with Crippen molar-refractivity contribution in [3.05, 3.63) is 70.3 Å². The quantitative estimate of drug-likeness (QED) is 0.422. The van der Waals surface area contributed by atoms with Crippen molar-refractivity contribution in [2.45, 2.75) is 19.1 Å². The molecule has 2 aliphatic heterocycles. The van der Waals surface area contributed by atoms with Crippen LogP contribution in [0, 0.1) is 16.0 Å². The molecule has 28 heavy (non-hydrogen) atoms. The molecule has 2 saturated heterocycles. The zero-order valence-electron chi connectivity index (χ0n) is 15.2. The molecule has 0 spiro atoms. The van der Waals surface area contributed by atoms with E-state index >= 15 is 0 Å². The summed E-state index contributed by atoms with van der Waals surface area (Å²) in [5, 5.41) is 10.7. The summed E-state index contributed by atoms with van der Waals surface area (Å²) < 4.78 is 29.4. The SMILES string of the molecule is O=[N+]([O-])c1ccc(OP2(=O)OC[C@H]3CN(Cc4ccccc4)CC[C@@H]3O2)cc1. The minimum atomic E-state index is -3.74. The Morgan fingerprint density at radius 2 is 1.93 bits per heavy atom. The van der Waals surface area contributed by atoms with Gasteiger partial charge in [-0.05, 0) is 24.1 Å². The Kier molecular flexibility index (Phi) is 5.46.